The number of halogens is 1. The summed E-state index contributed by atoms with van der Waals surface area (Å²) in [5, 5.41) is 0. The molecule has 2 heterocycles. The summed E-state index contributed by atoms with van der Waals surface area (Å²) in [6.07, 6.45) is 3.68. The largest absolute Gasteiger partial charge is 0.337 e. The number of amides is 1. The monoisotopic (exact) mass is 262 g/mol. The second kappa shape index (κ2) is 6.12. The van der Waals surface area contributed by atoms with Crippen molar-refractivity contribution < 1.29 is 4.79 Å². The van der Waals surface area contributed by atoms with E-state index in [1.165, 1.54) is 6.20 Å². The Kier molecular flexibility index (Phi) is 5.11. The van der Waals surface area contributed by atoms with Gasteiger partial charge in [-0.2, -0.15) is 8.75 Å². The molecule has 1 fully saturated rings. The van der Waals surface area contributed by atoms with Crippen LogP contribution in [0.25, 0.3) is 0 Å². The Labute approximate surface area is 105 Å². The molecule has 0 radical (unpaired) electrons. The smallest absolute Gasteiger partial charge is 0.275 e. The molecule has 5 nitrogen and oxygen atoms in total. The molecule has 16 heavy (non-hydrogen) atoms. The third kappa shape index (κ3) is 2.90. The highest BCUT2D eigenvalue weighted by Gasteiger charge is 2.24. The molecule has 2 N–H and O–H groups in total. The summed E-state index contributed by atoms with van der Waals surface area (Å²) in [6.45, 7) is 2.22. The van der Waals surface area contributed by atoms with Crippen molar-refractivity contribution in [2.45, 2.75) is 12.8 Å². The number of carbonyl (C=O) groups excluding carboxylic acids is 1. The van der Waals surface area contributed by atoms with Crippen molar-refractivity contribution in [3.05, 3.63) is 11.9 Å². The maximum Gasteiger partial charge on any atom is 0.275 e. The highest BCUT2D eigenvalue weighted by molar-refractivity contribution is 6.99. The SMILES string of the molecule is Cl.NCC1CCCN(C(=O)c2cnsn2)C1. The molecule has 1 unspecified atom stereocenters. The van der Waals surface area contributed by atoms with Crippen LogP contribution in [-0.4, -0.2) is 39.2 Å². The van der Waals surface area contributed by atoms with Crippen LogP contribution < -0.4 is 5.73 Å². The van der Waals surface area contributed by atoms with Crippen molar-refractivity contribution in [1.82, 2.24) is 13.6 Å². The number of rotatable bonds is 2. The first kappa shape index (κ1) is 13.3. The van der Waals surface area contributed by atoms with Crippen LogP contribution in [0.15, 0.2) is 6.20 Å². The fourth-order valence-electron chi connectivity index (χ4n) is 1.86. The van der Waals surface area contributed by atoms with Gasteiger partial charge in [0.15, 0.2) is 5.69 Å². The van der Waals surface area contributed by atoms with Crippen LogP contribution in [0.2, 0.25) is 0 Å². The first-order chi connectivity index (χ1) is 7.31. The van der Waals surface area contributed by atoms with Gasteiger partial charge in [0, 0.05) is 13.1 Å². The van der Waals surface area contributed by atoms with Crippen LogP contribution in [0.4, 0.5) is 0 Å². The van der Waals surface area contributed by atoms with Crippen molar-refractivity contribution in [2.24, 2.45) is 11.7 Å². The number of likely N-dealkylation sites (tertiary alicyclic amines) is 1. The first-order valence-electron chi connectivity index (χ1n) is 5.08. The maximum absolute atomic E-state index is 11.9. The minimum Gasteiger partial charge on any atom is -0.337 e. The van der Waals surface area contributed by atoms with Crippen molar-refractivity contribution in [3.8, 4) is 0 Å². The van der Waals surface area contributed by atoms with Crippen LogP contribution >= 0.6 is 24.1 Å². The molecule has 0 aromatic carbocycles. The number of hydrogen-bond acceptors (Lipinski definition) is 5. The summed E-state index contributed by atoms with van der Waals surface area (Å²) in [6, 6.07) is 0. The molecule has 1 aromatic heterocycles. The summed E-state index contributed by atoms with van der Waals surface area (Å²) >= 11 is 1.07. The molecule has 1 atom stereocenters. The number of nitrogens with zero attached hydrogens (tertiary/aromatic N) is 3. The fourth-order valence-corrected chi connectivity index (χ4v) is 2.27. The third-order valence-corrected chi connectivity index (χ3v) is 3.20. The summed E-state index contributed by atoms with van der Waals surface area (Å²) in [7, 11) is 0. The number of piperidine rings is 1. The number of aromatic nitrogens is 2. The number of hydrogen-bond donors (Lipinski definition) is 1. The quantitative estimate of drug-likeness (QED) is 0.855. The Bertz CT molecular complexity index is 332. The summed E-state index contributed by atoms with van der Waals surface area (Å²) in [5.74, 6) is 0.427. The number of nitrogens with two attached hydrogens (primary N) is 1. The average molecular weight is 263 g/mol. The van der Waals surface area contributed by atoms with Crippen LogP contribution in [0.5, 0.6) is 0 Å². The predicted molar refractivity (Wildman–Crippen MR) is 64.8 cm³/mol. The Morgan fingerprint density at radius 1 is 1.69 bits per heavy atom. The minimum absolute atomic E-state index is 0. The molecule has 2 rings (SSSR count). The summed E-state index contributed by atoms with van der Waals surface area (Å²) in [4.78, 5) is 13.7. The standard InChI is InChI=1S/C9H14N4OS.ClH/c10-4-7-2-1-3-13(6-7)9(14)8-5-11-15-12-8;/h5,7H,1-4,6,10H2;1H. The second-order valence-corrected chi connectivity index (χ2v) is 4.34. The van der Waals surface area contributed by atoms with E-state index in [0.717, 1.165) is 37.7 Å². The van der Waals surface area contributed by atoms with E-state index in [4.69, 9.17) is 5.73 Å². The van der Waals surface area contributed by atoms with Crippen molar-refractivity contribution in [2.75, 3.05) is 19.6 Å². The lowest BCUT2D eigenvalue weighted by molar-refractivity contribution is 0.0673. The van der Waals surface area contributed by atoms with Gasteiger partial charge in [0.2, 0.25) is 0 Å². The molecule has 1 aliphatic rings. The molecule has 0 saturated carbocycles. The van der Waals surface area contributed by atoms with Gasteiger partial charge in [-0.25, -0.2) is 0 Å². The normalized spacial score (nSPS) is 20.3. The maximum atomic E-state index is 11.9. The van der Waals surface area contributed by atoms with Crippen LogP contribution in [0, 0.1) is 5.92 Å². The minimum atomic E-state index is -0.0121. The topological polar surface area (TPSA) is 72.1 Å². The highest BCUT2D eigenvalue weighted by atomic mass is 35.5. The van der Waals surface area contributed by atoms with Crippen molar-refractivity contribution in [3.63, 3.8) is 0 Å². The summed E-state index contributed by atoms with van der Waals surface area (Å²) < 4.78 is 7.79. The molecule has 1 saturated heterocycles. The molecular formula is C9H15ClN4OS. The van der Waals surface area contributed by atoms with E-state index in [0.29, 0.717) is 18.2 Å². The molecule has 0 aliphatic carbocycles. The summed E-state index contributed by atoms with van der Waals surface area (Å²) in [5.41, 5.74) is 6.08. The van der Waals surface area contributed by atoms with E-state index in [1.807, 2.05) is 4.90 Å². The van der Waals surface area contributed by atoms with E-state index in [2.05, 4.69) is 8.75 Å². The van der Waals surface area contributed by atoms with Gasteiger partial charge in [-0.1, -0.05) is 0 Å². The fraction of sp³-hybridized carbons (Fsp3) is 0.667. The van der Waals surface area contributed by atoms with Crippen LogP contribution in [-0.2, 0) is 0 Å². The van der Waals surface area contributed by atoms with Gasteiger partial charge in [-0.15, -0.1) is 12.4 Å². The lowest BCUT2D eigenvalue weighted by atomic mass is 9.98. The zero-order valence-electron chi connectivity index (χ0n) is 8.83. The molecule has 1 amide bonds. The third-order valence-electron chi connectivity index (χ3n) is 2.72. The van der Waals surface area contributed by atoms with E-state index in [-0.39, 0.29) is 18.3 Å². The van der Waals surface area contributed by atoms with E-state index in [1.54, 1.807) is 0 Å². The van der Waals surface area contributed by atoms with Gasteiger partial charge in [0.25, 0.3) is 5.91 Å². The van der Waals surface area contributed by atoms with Gasteiger partial charge >= 0.3 is 0 Å². The van der Waals surface area contributed by atoms with Gasteiger partial charge in [-0.05, 0) is 25.3 Å². The Morgan fingerprint density at radius 2 is 2.50 bits per heavy atom. The second-order valence-electron chi connectivity index (χ2n) is 3.79. The average Bonchev–Trinajstić information content (AvgIpc) is 2.81. The zero-order chi connectivity index (χ0) is 10.7. The van der Waals surface area contributed by atoms with E-state index >= 15 is 0 Å². The van der Waals surface area contributed by atoms with Gasteiger partial charge in [-0.3, -0.25) is 4.79 Å². The van der Waals surface area contributed by atoms with E-state index in [9.17, 15) is 4.79 Å². The van der Waals surface area contributed by atoms with Gasteiger partial charge in [0.05, 0.1) is 17.9 Å². The highest BCUT2D eigenvalue weighted by Crippen LogP contribution is 2.17. The molecule has 7 heteroatoms. The molecule has 1 aliphatic heterocycles. The zero-order valence-corrected chi connectivity index (χ0v) is 10.5. The van der Waals surface area contributed by atoms with Gasteiger partial charge in [0.1, 0.15) is 0 Å². The van der Waals surface area contributed by atoms with Crippen LogP contribution in [0.1, 0.15) is 23.3 Å². The van der Waals surface area contributed by atoms with Gasteiger partial charge < -0.3 is 10.6 Å². The lowest BCUT2D eigenvalue weighted by Gasteiger charge is -2.31. The van der Waals surface area contributed by atoms with Crippen molar-refractivity contribution >= 4 is 30.0 Å². The molecule has 90 valence electrons. The Balaban J connectivity index is 0.00000128. The molecule has 0 bridgehead atoms. The molecular weight excluding hydrogens is 248 g/mol. The number of carbonyl (C=O) groups is 1. The molecule has 1 aromatic rings. The van der Waals surface area contributed by atoms with E-state index < -0.39 is 0 Å². The van der Waals surface area contributed by atoms with Crippen molar-refractivity contribution in [1.29, 1.82) is 0 Å². The Morgan fingerprint density at radius 3 is 3.12 bits per heavy atom. The molecule has 0 spiro atoms. The Hall–Kier alpha value is -0.720. The van der Waals surface area contributed by atoms with Crippen LogP contribution in [0.3, 0.4) is 0 Å². The first-order valence-corrected chi connectivity index (χ1v) is 5.81. The predicted octanol–water partition coefficient (Wildman–Crippen LogP) is 0.771. The lowest BCUT2D eigenvalue weighted by Crippen LogP contribution is -2.42.